The molecule has 1 heterocycles. The van der Waals surface area contributed by atoms with Gasteiger partial charge in [0.15, 0.2) is 0 Å². The summed E-state index contributed by atoms with van der Waals surface area (Å²) in [6, 6.07) is 9.24. The minimum Gasteiger partial charge on any atom is -0.312 e. The van der Waals surface area contributed by atoms with E-state index in [1.807, 2.05) is 13.2 Å². The van der Waals surface area contributed by atoms with Crippen molar-refractivity contribution in [3.05, 3.63) is 51.5 Å². The van der Waals surface area contributed by atoms with Gasteiger partial charge in [0, 0.05) is 17.1 Å². The number of nitrogens with one attached hydrogen (secondary N) is 1. The predicted molar refractivity (Wildman–Crippen MR) is 76.2 cm³/mol. The zero-order valence-electron chi connectivity index (χ0n) is 10.8. The van der Waals surface area contributed by atoms with Crippen LogP contribution >= 0.6 is 11.3 Å². The second-order valence-electron chi connectivity index (χ2n) is 4.96. The van der Waals surface area contributed by atoms with E-state index >= 15 is 0 Å². The molecule has 0 aliphatic heterocycles. The molecule has 1 aliphatic carbocycles. The maximum Gasteiger partial charge on any atom is 0.0897 e. The van der Waals surface area contributed by atoms with Gasteiger partial charge in [0.1, 0.15) is 0 Å². The van der Waals surface area contributed by atoms with Crippen LogP contribution in [0.15, 0.2) is 30.5 Å². The van der Waals surface area contributed by atoms with Crippen molar-refractivity contribution in [2.24, 2.45) is 0 Å². The van der Waals surface area contributed by atoms with Gasteiger partial charge in [-0.15, -0.1) is 11.3 Å². The molecular formula is C15H18N2S. The highest BCUT2D eigenvalue weighted by Crippen LogP contribution is 2.41. The van der Waals surface area contributed by atoms with Crippen LogP contribution in [-0.4, -0.2) is 12.0 Å². The Morgan fingerprint density at radius 1 is 1.44 bits per heavy atom. The number of thiazole rings is 1. The number of rotatable bonds is 4. The summed E-state index contributed by atoms with van der Waals surface area (Å²) in [5.74, 6) is 0.709. The van der Waals surface area contributed by atoms with Crippen LogP contribution in [0, 0.1) is 6.92 Å². The first-order valence-electron chi connectivity index (χ1n) is 6.45. The van der Waals surface area contributed by atoms with E-state index in [1.54, 1.807) is 16.9 Å². The normalized spacial score (nSPS) is 19.1. The lowest BCUT2D eigenvalue weighted by Gasteiger charge is -2.32. The maximum absolute atomic E-state index is 4.36. The highest BCUT2D eigenvalue weighted by atomic mass is 32.1. The standard InChI is InChI=1S/C15H18N2S/c1-10-17-9-15(18-10)14(16-2)8-12-7-11-5-3-4-6-13(11)12/h3-6,9,12,14,16H,7-8H2,1-2H3. The molecule has 1 N–H and O–H groups in total. The van der Waals surface area contributed by atoms with Gasteiger partial charge < -0.3 is 5.32 Å². The summed E-state index contributed by atoms with van der Waals surface area (Å²) >= 11 is 1.80. The Morgan fingerprint density at radius 2 is 2.28 bits per heavy atom. The van der Waals surface area contributed by atoms with Crippen LogP contribution in [0.5, 0.6) is 0 Å². The molecule has 2 aromatic rings. The molecule has 1 aliphatic rings. The second kappa shape index (κ2) is 4.82. The molecule has 1 aromatic heterocycles. The molecule has 0 amide bonds. The molecule has 2 unspecified atom stereocenters. The molecule has 18 heavy (non-hydrogen) atoms. The van der Waals surface area contributed by atoms with E-state index in [4.69, 9.17) is 0 Å². The Balaban J connectivity index is 1.73. The van der Waals surface area contributed by atoms with Crippen molar-refractivity contribution in [1.82, 2.24) is 10.3 Å². The van der Waals surface area contributed by atoms with Crippen LogP contribution in [0.1, 0.15) is 39.4 Å². The lowest BCUT2D eigenvalue weighted by atomic mass is 9.74. The van der Waals surface area contributed by atoms with E-state index in [9.17, 15) is 0 Å². The van der Waals surface area contributed by atoms with E-state index < -0.39 is 0 Å². The topological polar surface area (TPSA) is 24.9 Å². The van der Waals surface area contributed by atoms with Crippen LogP contribution in [0.3, 0.4) is 0 Å². The van der Waals surface area contributed by atoms with Crippen LogP contribution in [-0.2, 0) is 6.42 Å². The Hall–Kier alpha value is -1.19. The van der Waals surface area contributed by atoms with Gasteiger partial charge in [0.05, 0.1) is 5.01 Å². The third kappa shape index (κ3) is 2.08. The summed E-state index contributed by atoms with van der Waals surface area (Å²) in [4.78, 5) is 5.72. The Labute approximate surface area is 112 Å². The van der Waals surface area contributed by atoms with Crippen molar-refractivity contribution in [1.29, 1.82) is 0 Å². The molecule has 2 atom stereocenters. The molecule has 0 fully saturated rings. The summed E-state index contributed by atoms with van der Waals surface area (Å²) in [6.45, 7) is 2.07. The van der Waals surface area contributed by atoms with E-state index in [0.29, 0.717) is 12.0 Å². The van der Waals surface area contributed by atoms with Crippen LogP contribution in [0.25, 0.3) is 0 Å². The summed E-state index contributed by atoms with van der Waals surface area (Å²) in [7, 11) is 2.05. The van der Waals surface area contributed by atoms with Gasteiger partial charge in [-0.3, -0.25) is 0 Å². The molecule has 0 spiro atoms. The number of fused-ring (bicyclic) bond motifs is 1. The van der Waals surface area contributed by atoms with Gasteiger partial charge in [-0.2, -0.15) is 0 Å². The van der Waals surface area contributed by atoms with Crippen LogP contribution in [0.4, 0.5) is 0 Å². The fourth-order valence-electron chi connectivity index (χ4n) is 2.77. The van der Waals surface area contributed by atoms with E-state index in [0.717, 1.165) is 5.01 Å². The molecule has 94 valence electrons. The number of nitrogens with zero attached hydrogens (tertiary/aromatic N) is 1. The van der Waals surface area contributed by atoms with Gasteiger partial charge in [-0.1, -0.05) is 24.3 Å². The van der Waals surface area contributed by atoms with E-state index in [2.05, 4.69) is 41.5 Å². The van der Waals surface area contributed by atoms with Gasteiger partial charge >= 0.3 is 0 Å². The first-order valence-corrected chi connectivity index (χ1v) is 7.27. The molecule has 3 heteroatoms. The highest BCUT2D eigenvalue weighted by Gasteiger charge is 2.28. The van der Waals surface area contributed by atoms with E-state index in [1.165, 1.54) is 23.3 Å². The van der Waals surface area contributed by atoms with Gasteiger partial charge in [0.2, 0.25) is 0 Å². The maximum atomic E-state index is 4.36. The lowest BCUT2D eigenvalue weighted by Crippen LogP contribution is -2.24. The average Bonchev–Trinajstić information content (AvgIpc) is 2.77. The minimum atomic E-state index is 0.439. The summed E-state index contributed by atoms with van der Waals surface area (Å²) in [5, 5.41) is 4.58. The fourth-order valence-corrected chi connectivity index (χ4v) is 3.68. The van der Waals surface area contributed by atoms with Crippen molar-refractivity contribution < 1.29 is 0 Å². The quantitative estimate of drug-likeness (QED) is 0.908. The number of aryl methyl sites for hydroxylation is 1. The highest BCUT2D eigenvalue weighted by molar-refractivity contribution is 7.11. The summed E-state index contributed by atoms with van der Waals surface area (Å²) in [5.41, 5.74) is 3.07. The third-order valence-electron chi connectivity index (χ3n) is 3.81. The Bertz CT molecular complexity index is 547. The Kier molecular flexibility index (Phi) is 3.18. The number of aromatic nitrogens is 1. The molecule has 0 saturated heterocycles. The largest absolute Gasteiger partial charge is 0.312 e. The number of benzene rings is 1. The molecule has 0 bridgehead atoms. The van der Waals surface area contributed by atoms with Crippen molar-refractivity contribution in [3.63, 3.8) is 0 Å². The Morgan fingerprint density at radius 3 is 2.94 bits per heavy atom. The van der Waals surface area contributed by atoms with Crippen molar-refractivity contribution in [3.8, 4) is 0 Å². The second-order valence-corrected chi connectivity index (χ2v) is 6.22. The molecule has 0 saturated carbocycles. The number of hydrogen-bond donors (Lipinski definition) is 1. The molecule has 2 nitrogen and oxygen atoms in total. The zero-order valence-corrected chi connectivity index (χ0v) is 11.6. The monoisotopic (exact) mass is 258 g/mol. The van der Waals surface area contributed by atoms with Crippen molar-refractivity contribution >= 4 is 11.3 Å². The zero-order chi connectivity index (χ0) is 12.5. The third-order valence-corrected chi connectivity index (χ3v) is 4.84. The molecule has 3 rings (SSSR count). The lowest BCUT2D eigenvalue weighted by molar-refractivity contribution is 0.456. The van der Waals surface area contributed by atoms with Crippen LogP contribution in [0.2, 0.25) is 0 Å². The predicted octanol–water partition coefficient (Wildman–Crippen LogP) is 3.44. The molecule has 0 radical (unpaired) electrons. The molecule has 1 aromatic carbocycles. The van der Waals surface area contributed by atoms with Crippen molar-refractivity contribution in [2.75, 3.05) is 7.05 Å². The average molecular weight is 258 g/mol. The minimum absolute atomic E-state index is 0.439. The van der Waals surface area contributed by atoms with Crippen molar-refractivity contribution in [2.45, 2.75) is 31.7 Å². The van der Waals surface area contributed by atoms with E-state index in [-0.39, 0.29) is 0 Å². The van der Waals surface area contributed by atoms with Gasteiger partial charge in [-0.05, 0) is 43.9 Å². The SMILES string of the molecule is CNC(CC1Cc2ccccc21)c1cnc(C)s1. The fraction of sp³-hybridized carbons (Fsp3) is 0.400. The summed E-state index contributed by atoms with van der Waals surface area (Å²) < 4.78 is 0. The van der Waals surface area contributed by atoms with Crippen LogP contribution < -0.4 is 5.32 Å². The first-order chi connectivity index (χ1) is 8.78. The van der Waals surface area contributed by atoms with Gasteiger partial charge in [0.25, 0.3) is 0 Å². The summed E-state index contributed by atoms with van der Waals surface area (Å²) in [6.07, 6.45) is 4.42. The first kappa shape index (κ1) is 11.9. The molecular weight excluding hydrogens is 240 g/mol. The smallest absolute Gasteiger partial charge is 0.0897 e. The van der Waals surface area contributed by atoms with Gasteiger partial charge in [-0.25, -0.2) is 4.98 Å². The number of hydrogen-bond acceptors (Lipinski definition) is 3.